The molecule has 0 aliphatic rings. The number of hydrogen-bond donors (Lipinski definition) is 0. The van der Waals surface area contributed by atoms with Crippen LogP contribution in [0.5, 0.6) is 11.5 Å². The molecule has 108 valence electrons. The van der Waals surface area contributed by atoms with Crippen LogP contribution in [0.1, 0.15) is 11.1 Å². The van der Waals surface area contributed by atoms with Crippen LogP contribution in [-0.4, -0.2) is 9.85 Å². The summed E-state index contributed by atoms with van der Waals surface area (Å²) in [5, 5.41) is 21.8. The second-order valence-electron chi connectivity index (χ2n) is 4.54. The molecule has 0 saturated carbocycles. The third kappa shape index (κ3) is 3.14. The van der Waals surface area contributed by atoms with Crippen molar-refractivity contribution in [1.29, 1.82) is 0 Å². The molecule has 0 amide bonds. The van der Waals surface area contributed by atoms with Crippen molar-refractivity contribution in [2.45, 2.75) is 13.8 Å². The Labute approximate surface area is 120 Å². The second-order valence-corrected chi connectivity index (χ2v) is 4.54. The fraction of sp³-hybridized carbons (Fsp3) is 0.143. The first-order chi connectivity index (χ1) is 9.88. The highest BCUT2D eigenvalue weighted by atomic mass is 16.6. The molecule has 0 unspecified atom stereocenters. The van der Waals surface area contributed by atoms with E-state index in [9.17, 15) is 20.2 Å². The fourth-order valence-corrected chi connectivity index (χ4v) is 1.79. The molecule has 0 aliphatic carbocycles. The Hall–Kier alpha value is -2.96. The van der Waals surface area contributed by atoms with E-state index in [1.165, 1.54) is 30.3 Å². The lowest BCUT2D eigenvalue weighted by atomic mass is 10.2. The fourth-order valence-electron chi connectivity index (χ4n) is 1.79. The van der Waals surface area contributed by atoms with Crippen molar-refractivity contribution in [3.63, 3.8) is 0 Å². The topological polar surface area (TPSA) is 95.5 Å². The van der Waals surface area contributed by atoms with Crippen molar-refractivity contribution < 1.29 is 14.6 Å². The maximum absolute atomic E-state index is 11.0. The molecule has 7 nitrogen and oxygen atoms in total. The van der Waals surface area contributed by atoms with Gasteiger partial charge in [-0.3, -0.25) is 20.2 Å². The lowest BCUT2D eigenvalue weighted by Crippen LogP contribution is -1.96. The van der Waals surface area contributed by atoms with Gasteiger partial charge >= 0.3 is 5.69 Å². The minimum Gasteiger partial charge on any atom is -0.450 e. The van der Waals surface area contributed by atoms with Crippen LogP contribution in [0, 0.1) is 34.1 Å². The highest BCUT2D eigenvalue weighted by Gasteiger charge is 2.18. The number of aryl methyl sites for hydroxylation is 2. The van der Waals surface area contributed by atoms with Crippen LogP contribution in [0.3, 0.4) is 0 Å². The van der Waals surface area contributed by atoms with Gasteiger partial charge in [-0.1, -0.05) is 6.07 Å². The van der Waals surface area contributed by atoms with E-state index in [4.69, 9.17) is 4.74 Å². The third-order valence-corrected chi connectivity index (χ3v) is 2.91. The van der Waals surface area contributed by atoms with Gasteiger partial charge in [0, 0.05) is 12.1 Å². The van der Waals surface area contributed by atoms with E-state index in [0.29, 0.717) is 5.56 Å². The lowest BCUT2D eigenvalue weighted by molar-refractivity contribution is -0.386. The highest BCUT2D eigenvalue weighted by molar-refractivity contribution is 5.52. The van der Waals surface area contributed by atoms with Crippen LogP contribution in [0.2, 0.25) is 0 Å². The maximum atomic E-state index is 11.0. The highest BCUT2D eigenvalue weighted by Crippen LogP contribution is 2.34. The molecular formula is C14H12N2O5. The Kier molecular flexibility index (Phi) is 3.84. The van der Waals surface area contributed by atoms with Crippen LogP contribution < -0.4 is 4.74 Å². The number of hydrogen-bond acceptors (Lipinski definition) is 5. The van der Waals surface area contributed by atoms with Crippen LogP contribution in [0.4, 0.5) is 11.4 Å². The minimum atomic E-state index is -0.547. The molecule has 0 radical (unpaired) electrons. The largest absolute Gasteiger partial charge is 0.450 e. The summed E-state index contributed by atoms with van der Waals surface area (Å²) in [6, 6.07) is 8.68. The molecule has 0 spiro atoms. The average molecular weight is 288 g/mol. The molecule has 21 heavy (non-hydrogen) atoms. The summed E-state index contributed by atoms with van der Waals surface area (Å²) < 4.78 is 5.50. The average Bonchev–Trinajstić information content (AvgIpc) is 2.42. The Morgan fingerprint density at radius 1 is 0.905 bits per heavy atom. The summed E-state index contributed by atoms with van der Waals surface area (Å²) in [6.07, 6.45) is 0. The second kappa shape index (κ2) is 5.58. The summed E-state index contributed by atoms with van der Waals surface area (Å²) in [6.45, 7) is 3.44. The molecule has 0 aromatic heterocycles. The van der Waals surface area contributed by atoms with Gasteiger partial charge in [0.1, 0.15) is 5.75 Å². The van der Waals surface area contributed by atoms with Gasteiger partial charge in [0.2, 0.25) is 5.75 Å². The van der Waals surface area contributed by atoms with Gasteiger partial charge < -0.3 is 4.74 Å². The smallest absolute Gasteiger partial charge is 0.311 e. The number of benzene rings is 2. The maximum Gasteiger partial charge on any atom is 0.311 e. The molecular weight excluding hydrogens is 276 g/mol. The van der Waals surface area contributed by atoms with Gasteiger partial charge in [-0.05, 0) is 37.1 Å². The van der Waals surface area contributed by atoms with E-state index in [2.05, 4.69) is 0 Å². The van der Waals surface area contributed by atoms with E-state index in [0.717, 1.165) is 5.56 Å². The first-order valence-corrected chi connectivity index (χ1v) is 6.06. The van der Waals surface area contributed by atoms with E-state index in [1.807, 2.05) is 0 Å². The Bertz CT molecular complexity index is 727. The predicted octanol–water partition coefficient (Wildman–Crippen LogP) is 3.91. The molecule has 0 atom stereocenters. The Morgan fingerprint density at radius 3 is 2.24 bits per heavy atom. The van der Waals surface area contributed by atoms with Crippen molar-refractivity contribution in [1.82, 2.24) is 0 Å². The molecule has 0 fully saturated rings. The monoisotopic (exact) mass is 288 g/mol. The van der Waals surface area contributed by atoms with Gasteiger partial charge in [0.05, 0.1) is 15.9 Å². The molecule has 2 rings (SSSR count). The molecule has 0 N–H and O–H groups in total. The van der Waals surface area contributed by atoms with Crippen LogP contribution in [-0.2, 0) is 0 Å². The molecule has 0 aliphatic heterocycles. The van der Waals surface area contributed by atoms with E-state index in [-0.39, 0.29) is 22.9 Å². The zero-order valence-corrected chi connectivity index (χ0v) is 11.4. The number of nitro groups is 2. The van der Waals surface area contributed by atoms with Gasteiger partial charge in [-0.2, -0.15) is 0 Å². The van der Waals surface area contributed by atoms with Crippen LogP contribution in [0.25, 0.3) is 0 Å². The van der Waals surface area contributed by atoms with Gasteiger partial charge in [-0.15, -0.1) is 0 Å². The summed E-state index contributed by atoms with van der Waals surface area (Å²) in [7, 11) is 0. The zero-order valence-electron chi connectivity index (χ0n) is 11.4. The van der Waals surface area contributed by atoms with Gasteiger partial charge in [0.15, 0.2) is 0 Å². The van der Waals surface area contributed by atoms with Crippen LogP contribution >= 0.6 is 0 Å². The SMILES string of the molecule is Cc1ccc(Oc2cc([N+](=O)[O-])ccc2C)c([N+](=O)[O-])c1. The van der Waals surface area contributed by atoms with Crippen molar-refractivity contribution in [2.75, 3.05) is 0 Å². The third-order valence-electron chi connectivity index (χ3n) is 2.91. The van der Waals surface area contributed by atoms with Gasteiger partial charge in [0.25, 0.3) is 5.69 Å². The minimum absolute atomic E-state index is 0.0502. The molecule has 0 heterocycles. The van der Waals surface area contributed by atoms with Crippen molar-refractivity contribution in [3.8, 4) is 11.5 Å². The predicted molar refractivity (Wildman–Crippen MR) is 75.7 cm³/mol. The number of nitrogens with zero attached hydrogens (tertiary/aromatic N) is 2. The zero-order chi connectivity index (χ0) is 15.6. The molecule has 0 bridgehead atoms. The first kappa shape index (κ1) is 14.4. The normalized spacial score (nSPS) is 10.2. The molecule has 2 aromatic rings. The number of rotatable bonds is 4. The van der Waals surface area contributed by atoms with E-state index < -0.39 is 9.85 Å². The number of non-ortho nitro benzene ring substituents is 1. The van der Waals surface area contributed by atoms with Crippen molar-refractivity contribution in [2.24, 2.45) is 0 Å². The van der Waals surface area contributed by atoms with Gasteiger partial charge in [-0.25, -0.2) is 0 Å². The summed E-state index contributed by atoms with van der Waals surface area (Å²) >= 11 is 0. The number of ether oxygens (including phenoxy) is 1. The lowest BCUT2D eigenvalue weighted by Gasteiger charge is -2.09. The first-order valence-electron chi connectivity index (χ1n) is 6.06. The summed E-state index contributed by atoms with van der Waals surface area (Å²) in [5.74, 6) is 0.269. The Balaban J connectivity index is 2.45. The summed E-state index contributed by atoms with van der Waals surface area (Å²) in [5.41, 5.74) is 1.06. The van der Waals surface area contributed by atoms with Crippen molar-refractivity contribution >= 4 is 11.4 Å². The standard InChI is InChI=1S/C14H12N2O5/c1-9-3-6-13(12(7-9)16(19)20)21-14-8-11(15(17)18)5-4-10(14)2/h3-8H,1-2H3. The van der Waals surface area contributed by atoms with E-state index in [1.54, 1.807) is 19.9 Å². The van der Waals surface area contributed by atoms with E-state index >= 15 is 0 Å². The Morgan fingerprint density at radius 2 is 1.62 bits per heavy atom. The number of nitro benzene ring substituents is 2. The quantitative estimate of drug-likeness (QED) is 0.627. The molecule has 0 saturated heterocycles. The van der Waals surface area contributed by atoms with Crippen LogP contribution in [0.15, 0.2) is 36.4 Å². The van der Waals surface area contributed by atoms with Crippen molar-refractivity contribution in [3.05, 3.63) is 67.8 Å². The summed E-state index contributed by atoms with van der Waals surface area (Å²) in [4.78, 5) is 20.7. The molecule has 2 aromatic carbocycles. The molecule has 7 heteroatoms.